The van der Waals surface area contributed by atoms with Gasteiger partial charge in [0.25, 0.3) is 0 Å². The molecule has 3 aromatic heterocycles. The third-order valence-electron chi connectivity index (χ3n) is 4.16. The molecule has 5 heteroatoms. The van der Waals surface area contributed by atoms with Gasteiger partial charge in [-0.25, -0.2) is 9.37 Å². The van der Waals surface area contributed by atoms with Gasteiger partial charge < -0.3 is 4.98 Å². The van der Waals surface area contributed by atoms with Gasteiger partial charge in [0, 0.05) is 22.5 Å². The van der Waals surface area contributed by atoms with Crippen LogP contribution in [0, 0.1) is 5.82 Å². The van der Waals surface area contributed by atoms with E-state index in [-0.39, 0.29) is 5.82 Å². The summed E-state index contributed by atoms with van der Waals surface area (Å²) in [6, 6.07) is 15.2. The smallest absolute Gasteiger partial charge is 0.142 e. The molecule has 0 aliphatic heterocycles. The molecule has 3 heterocycles. The number of pyridine rings is 2. The predicted octanol–water partition coefficient (Wildman–Crippen LogP) is 4.47. The highest BCUT2D eigenvalue weighted by molar-refractivity contribution is 6.21. The maximum Gasteiger partial charge on any atom is 0.142 e. The molecule has 0 saturated carbocycles. The van der Waals surface area contributed by atoms with Gasteiger partial charge in [-0.3, -0.25) is 9.97 Å². The largest absolute Gasteiger partial charge is 0.337 e. The average Bonchev–Trinajstić information content (AvgIpc) is 3.08. The maximum absolute atomic E-state index is 13.8. The van der Waals surface area contributed by atoms with Crippen LogP contribution >= 0.6 is 0 Å². The van der Waals surface area contributed by atoms with Gasteiger partial charge in [-0.2, -0.15) is 0 Å². The lowest BCUT2D eigenvalue weighted by Gasteiger charge is -2.04. The number of H-pyrrole nitrogens is 1. The van der Waals surface area contributed by atoms with E-state index in [1.165, 1.54) is 12.3 Å². The molecule has 0 atom stereocenters. The molecular weight excluding hydrogens is 303 g/mol. The summed E-state index contributed by atoms with van der Waals surface area (Å²) in [5, 5.41) is 1.59. The number of imidazole rings is 1. The average molecular weight is 314 g/mol. The number of rotatable bonds is 1. The van der Waals surface area contributed by atoms with E-state index in [4.69, 9.17) is 4.98 Å². The van der Waals surface area contributed by atoms with Crippen LogP contribution < -0.4 is 0 Å². The standard InChI is InChI=1S/C19H11FN4/c20-12-9-14-16(22-10-12)15-13(7-4-8-21-15)17-18(14)24-19(23-17)11-5-2-1-3-6-11/h1-10H,(H,23,24). The van der Waals surface area contributed by atoms with E-state index in [0.717, 1.165) is 27.8 Å². The molecule has 114 valence electrons. The van der Waals surface area contributed by atoms with Crippen LogP contribution in [0.5, 0.6) is 0 Å². The van der Waals surface area contributed by atoms with Crippen molar-refractivity contribution < 1.29 is 4.39 Å². The van der Waals surface area contributed by atoms with Crippen molar-refractivity contribution in [2.45, 2.75) is 0 Å². The van der Waals surface area contributed by atoms with E-state index in [1.807, 2.05) is 42.5 Å². The summed E-state index contributed by atoms with van der Waals surface area (Å²) in [4.78, 5) is 16.8. The first kappa shape index (κ1) is 13.1. The summed E-state index contributed by atoms with van der Waals surface area (Å²) in [7, 11) is 0. The van der Waals surface area contributed by atoms with E-state index >= 15 is 0 Å². The topological polar surface area (TPSA) is 54.5 Å². The van der Waals surface area contributed by atoms with E-state index in [9.17, 15) is 4.39 Å². The van der Waals surface area contributed by atoms with Crippen molar-refractivity contribution in [1.29, 1.82) is 0 Å². The molecule has 0 amide bonds. The third-order valence-corrected chi connectivity index (χ3v) is 4.16. The number of benzene rings is 2. The molecule has 0 fully saturated rings. The molecule has 24 heavy (non-hydrogen) atoms. The third kappa shape index (κ3) is 1.81. The molecule has 4 nitrogen and oxygen atoms in total. The number of aromatic nitrogens is 4. The molecule has 0 aliphatic carbocycles. The van der Waals surface area contributed by atoms with Crippen molar-refractivity contribution in [3.8, 4) is 11.4 Å². The fourth-order valence-electron chi connectivity index (χ4n) is 3.10. The van der Waals surface area contributed by atoms with Gasteiger partial charge in [-0.05, 0) is 18.2 Å². The first-order chi connectivity index (χ1) is 11.8. The molecule has 5 rings (SSSR count). The van der Waals surface area contributed by atoms with Gasteiger partial charge in [0.05, 0.1) is 28.3 Å². The monoisotopic (exact) mass is 314 g/mol. The molecule has 2 aromatic carbocycles. The highest BCUT2D eigenvalue weighted by Gasteiger charge is 2.15. The zero-order chi connectivity index (χ0) is 16.1. The number of hydrogen-bond acceptors (Lipinski definition) is 3. The minimum atomic E-state index is -0.386. The van der Waals surface area contributed by atoms with Crippen LogP contribution in [0.15, 0.2) is 60.9 Å². The summed E-state index contributed by atoms with van der Waals surface area (Å²) in [5.41, 5.74) is 3.92. The van der Waals surface area contributed by atoms with Crippen molar-refractivity contribution in [3.63, 3.8) is 0 Å². The van der Waals surface area contributed by atoms with Gasteiger partial charge in [-0.15, -0.1) is 0 Å². The Morgan fingerprint density at radius 1 is 0.833 bits per heavy atom. The molecule has 0 bridgehead atoms. The second kappa shape index (κ2) is 4.83. The Kier molecular flexibility index (Phi) is 2.64. The van der Waals surface area contributed by atoms with Gasteiger partial charge in [0.15, 0.2) is 0 Å². The lowest BCUT2D eigenvalue weighted by atomic mass is 10.1. The van der Waals surface area contributed by atoms with Crippen LogP contribution in [0.4, 0.5) is 4.39 Å². The first-order valence-electron chi connectivity index (χ1n) is 7.58. The minimum Gasteiger partial charge on any atom is -0.337 e. The number of hydrogen-bond donors (Lipinski definition) is 1. The Morgan fingerprint density at radius 3 is 2.54 bits per heavy atom. The normalized spacial score (nSPS) is 11.5. The fourth-order valence-corrected chi connectivity index (χ4v) is 3.10. The molecule has 0 saturated heterocycles. The number of halogens is 1. The second-order valence-corrected chi connectivity index (χ2v) is 5.62. The van der Waals surface area contributed by atoms with Crippen molar-refractivity contribution in [2.75, 3.05) is 0 Å². The van der Waals surface area contributed by atoms with Gasteiger partial charge >= 0.3 is 0 Å². The lowest BCUT2D eigenvalue weighted by Crippen LogP contribution is -1.89. The van der Waals surface area contributed by atoms with Crippen LogP contribution in [-0.2, 0) is 0 Å². The van der Waals surface area contributed by atoms with Crippen molar-refractivity contribution >= 4 is 32.8 Å². The molecule has 1 N–H and O–H groups in total. The van der Waals surface area contributed by atoms with Crippen molar-refractivity contribution in [3.05, 3.63) is 66.7 Å². The predicted molar refractivity (Wildman–Crippen MR) is 92.1 cm³/mol. The second-order valence-electron chi connectivity index (χ2n) is 5.62. The van der Waals surface area contributed by atoms with Crippen molar-refractivity contribution in [2.24, 2.45) is 0 Å². The van der Waals surface area contributed by atoms with Gasteiger partial charge in [0.1, 0.15) is 11.6 Å². The van der Waals surface area contributed by atoms with Crippen LogP contribution in [-0.4, -0.2) is 19.9 Å². The molecule has 0 radical (unpaired) electrons. The summed E-state index contributed by atoms with van der Waals surface area (Å²) in [6.07, 6.45) is 2.93. The highest BCUT2D eigenvalue weighted by atomic mass is 19.1. The molecule has 0 spiro atoms. The zero-order valence-electron chi connectivity index (χ0n) is 12.5. The SMILES string of the molecule is Fc1cnc2c(c1)c1nc(-c3ccccc3)[nH]c1c1cccnc12. The molecule has 0 unspecified atom stereocenters. The Morgan fingerprint density at radius 2 is 1.67 bits per heavy atom. The van der Waals surface area contributed by atoms with Gasteiger partial charge in [0.2, 0.25) is 0 Å². The number of fused-ring (bicyclic) bond motifs is 6. The zero-order valence-corrected chi connectivity index (χ0v) is 12.5. The Hall–Kier alpha value is -3.34. The van der Waals surface area contributed by atoms with Crippen LogP contribution in [0.25, 0.3) is 44.2 Å². The summed E-state index contributed by atoms with van der Waals surface area (Å²) >= 11 is 0. The van der Waals surface area contributed by atoms with Crippen LogP contribution in [0.1, 0.15) is 0 Å². The van der Waals surface area contributed by atoms with E-state index < -0.39 is 0 Å². The summed E-state index contributed by atoms with van der Waals surface area (Å²) < 4.78 is 13.8. The van der Waals surface area contributed by atoms with E-state index in [0.29, 0.717) is 16.4 Å². The number of nitrogens with one attached hydrogen (secondary N) is 1. The Balaban J connectivity index is 1.99. The summed E-state index contributed by atoms with van der Waals surface area (Å²) in [6.45, 7) is 0. The van der Waals surface area contributed by atoms with E-state index in [1.54, 1.807) is 6.20 Å². The van der Waals surface area contributed by atoms with Crippen LogP contribution in [0.3, 0.4) is 0 Å². The van der Waals surface area contributed by atoms with Gasteiger partial charge in [-0.1, -0.05) is 30.3 Å². The quantitative estimate of drug-likeness (QED) is 0.465. The van der Waals surface area contributed by atoms with Crippen molar-refractivity contribution in [1.82, 2.24) is 19.9 Å². The maximum atomic E-state index is 13.8. The fraction of sp³-hybridized carbons (Fsp3) is 0. The van der Waals surface area contributed by atoms with Crippen LogP contribution in [0.2, 0.25) is 0 Å². The number of aromatic amines is 1. The Bertz CT molecular complexity index is 1210. The molecule has 5 aromatic rings. The molecular formula is C19H11FN4. The highest BCUT2D eigenvalue weighted by Crippen LogP contribution is 2.33. The first-order valence-corrected chi connectivity index (χ1v) is 7.58. The summed E-state index contributed by atoms with van der Waals surface area (Å²) in [5.74, 6) is 0.357. The Labute approximate surface area is 136 Å². The lowest BCUT2D eigenvalue weighted by molar-refractivity contribution is 0.624. The molecule has 0 aliphatic rings. The van der Waals surface area contributed by atoms with E-state index in [2.05, 4.69) is 15.0 Å². The minimum absolute atomic E-state index is 0.386. The number of nitrogens with zero attached hydrogens (tertiary/aromatic N) is 3.